The summed E-state index contributed by atoms with van der Waals surface area (Å²) in [4.78, 5) is 32.4. The molecule has 0 aromatic carbocycles. The Morgan fingerprint density at radius 2 is 1.04 bits per heavy atom. The van der Waals surface area contributed by atoms with Gasteiger partial charge in [0.2, 0.25) is 11.8 Å². The SMILES string of the molecule is CCCCNC(=O)CC(C)=NCCCCCCN=C(C)CC(=O)NCCCC. The summed E-state index contributed by atoms with van der Waals surface area (Å²) < 4.78 is 0. The molecule has 0 aliphatic rings. The van der Waals surface area contributed by atoms with Crippen LogP contribution >= 0.6 is 0 Å². The second-order valence-electron chi connectivity index (χ2n) is 7.41. The first-order chi connectivity index (χ1) is 13.5. The van der Waals surface area contributed by atoms with Crippen molar-refractivity contribution in [2.45, 2.75) is 91.9 Å². The molecular formula is C22H42N4O2. The summed E-state index contributed by atoms with van der Waals surface area (Å²) >= 11 is 0. The maximum absolute atomic E-state index is 11.7. The smallest absolute Gasteiger partial charge is 0.225 e. The standard InChI is InChI=1S/C22H42N4O2/c1-5-7-13-25-21(27)17-19(3)23-15-11-9-10-12-16-24-20(4)18-22(28)26-14-8-6-2/h5-18H2,1-4H3,(H,25,27)(H,26,28). The number of hydrogen-bond acceptors (Lipinski definition) is 4. The Balaban J connectivity index is 3.69. The maximum Gasteiger partial charge on any atom is 0.225 e. The minimum atomic E-state index is 0.0713. The molecule has 0 aliphatic carbocycles. The largest absolute Gasteiger partial charge is 0.356 e. The van der Waals surface area contributed by atoms with E-state index in [9.17, 15) is 9.59 Å². The summed E-state index contributed by atoms with van der Waals surface area (Å²) in [5, 5.41) is 5.83. The highest BCUT2D eigenvalue weighted by Crippen LogP contribution is 2.02. The summed E-state index contributed by atoms with van der Waals surface area (Å²) in [5.41, 5.74) is 1.82. The van der Waals surface area contributed by atoms with Crippen LogP contribution in [0.3, 0.4) is 0 Å². The van der Waals surface area contributed by atoms with Gasteiger partial charge in [0.15, 0.2) is 0 Å². The number of carbonyl (C=O) groups excluding carboxylic acids is 2. The lowest BCUT2D eigenvalue weighted by atomic mass is 10.2. The van der Waals surface area contributed by atoms with Gasteiger partial charge in [-0.2, -0.15) is 0 Å². The predicted molar refractivity (Wildman–Crippen MR) is 119 cm³/mol. The van der Waals surface area contributed by atoms with Crippen LogP contribution in [0.15, 0.2) is 9.98 Å². The number of hydrogen-bond donors (Lipinski definition) is 2. The number of carbonyl (C=O) groups is 2. The second kappa shape index (κ2) is 18.6. The molecular weight excluding hydrogens is 352 g/mol. The van der Waals surface area contributed by atoms with Gasteiger partial charge in [-0.3, -0.25) is 19.6 Å². The summed E-state index contributed by atoms with van der Waals surface area (Å²) in [6.07, 6.45) is 9.35. The van der Waals surface area contributed by atoms with Crippen molar-refractivity contribution in [3.63, 3.8) is 0 Å². The number of nitrogens with one attached hydrogen (secondary N) is 2. The Hall–Kier alpha value is -1.72. The highest BCUT2D eigenvalue weighted by Gasteiger charge is 2.03. The van der Waals surface area contributed by atoms with Crippen molar-refractivity contribution in [1.82, 2.24) is 10.6 Å². The topological polar surface area (TPSA) is 82.9 Å². The molecule has 0 aliphatic heterocycles. The van der Waals surface area contributed by atoms with Crippen LogP contribution in [0, 0.1) is 0 Å². The Morgan fingerprint density at radius 3 is 1.39 bits per heavy atom. The maximum atomic E-state index is 11.7. The molecule has 0 aromatic rings. The van der Waals surface area contributed by atoms with Gasteiger partial charge in [-0.15, -0.1) is 0 Å². The fraction of sp³-hybridized carbons (Fsp3) is 0.818. The van der Waals surface area contributed by atoms with E-state index in [2.05, 4.69) is 34.5 Å². The normalized spacial score (nSPS) is 12.1. The van der Waals surface area contributed by atoms with Crippen molar-refractivity contribution in [3.05, 3.63) is 0 Å². The van der Waals surface area contributed by atoms with E-state index in [0.29, 0.717) is 12.8 Å². The summed E-state index contributed by atoms with van der Waals surface area (Å²) in [5.74, 6) is 0.143. The van der Waals surface area contributed by atoms with Gasteiger partial charge < -0.3 is 10.6 Å². The quantitative estimate of drug-likeness (QED) is 0.288. The Bertz CT molecular complexity index is 443. The first-order valence-corrected chi connectivity index (χ1v) is 11.0. The van der Waals surface area contributed by atoms with E-state index < -0.39 is 0 Å². The van der Waals surface area contributed by atoms with Crippen LogP contribution in [0.1, 0.15) is 91.9 Å². The van der Waals surface area contributed by atoms with E-state index >= 15 is 0 Å². The van der Waals surface area contributed by atoms with Gasteiger partial charge in [0.05, 0.1) is 12.8 Å². The zero-order valence-corrected chi connectivity index (χ0v) is 18.6. The molecule has 2 amide bonds. The Labute approximate surface area is 172 Å². The average molecular weight is 395 g/mol. The van der Waals surface area contributed by atoms with Crippen LogP contribution in [0.2, 0.25) is 0 Å². The molecule has 6 heteroatoms. The van der Waals surface area contributed by atoms with Gasteiger partial charge in [-0.25, -0.2) is 0 Å². The molecule has 0 saturated carbocycles. The van der Waals surface area contributed by atoms with Crippen LogP contribution in [-0.2, 0) is 9.59 Å². The summed E-state index contributed by atoms with van der Waals surface area (Å²) in [6.45, 7) is 11.2. The molecule has 0 radical (unpaired) electrons. The number of amides is 2. The third kappa shape index (κ3) is 17.7. The molecule has 0 atom stereocenters. The van der Waals surface area contributed by atoms with Crippen molar-refractivity contribution in [1.29, 1.82) is 0 Å². The molecule has 162 valence electrons. The second-order valence-corrected chi connectivity index (χ2v) is 7.41. The van der Waals surface area contributed by atoms with E-state index in [1.165, 1.54) is 0 Å². The molecule has 0 aromatic heterocycles. The average Bonchev–Trinajstić information content (AvgIpc) is 2.64. The minimum Gasteiger partial charge on any atom is -0.356 e. The highest BCUT2D eigenvalue weighted by atomic mass is 16.2. The van der Waals surface area contributed by atoms with Crippen molar-refractivity contribution < 1.29 is 9.59 Å². The van der Waals surface area contributed by atoms with E-state index in [4.69, 9.17) is 0 Å². The first kappa shape index (κ1) is 26.3. The number of nitrogens with zero attached hydrogens (tertiary/aromatic N) is 2. The molecule has 0 unspecified atom stereocenters. The van der Waals surface area contributed by atoms with E-state index in [1.54, 1.807) is 0 Å². The molecule has 28 heavy (non-hydrogen) atoms. The fourth-order valence-corrected chi connectivity index (χ4v) is 2.63. The summed E-state index contributed by atoms with van der Waals surface area (Å²) in [6, 6.07) is 0. The third-order valence-corrected chi connectivity index (χ3v) is 4.37. The van der Waals surface area contributed by atoms with E-state index in [0.717, 1.165) is 89.0 Å². The lowest BCUT2D eigenvalue weighted by Crippen LogP contribution is -2.26. The van der Waals surface area contributed by atoms with Crippen LogP contribution in [0.5, 0.6) is 0 Å². The number of unbranched alkanes of at least 4 members (excludes halogenated alkanes) is 5. The van der Waals surface area contributed by atoms with Crippen molar-refractivity contribution in [2.75, 3.05) is 26.2 Å². The number of aliphatic imine (C=N–C) groups is 2. The molecule has 0 saturated heterocycles. The van der Waals surface area contributed by atoms with Gasteiger partial charge in [0, 0.05) is 37.6 Å². The monoisotopic (exact) mass is 394 g/mol. The molecule has 0 rings (SSSR count). The predicted octanol–water partition coefficient (Wildman–Crippen LogP) is 4.08. The van der Waals surface area contributed by atoms with Gasteiger partial charge in [-0.05, 0) is 39.5 Å². The lowest BCUT2D eigenvalue weighted by Gasteiger charge is -2.05. The van der Waals surface area contributed by atoms with Crippen molar-refractivity contribution in [2.24, 2.45) is 9.98 Å². The third-order valence-electron chi connectivity index (χ3n) is 4.37. The minimum absolute atomic E-state index is 0.0713. The molecule has 0 fully saturated rings. The Morgan fingerprint density at radius 1 is 0.643 bits per heavy atom. The Kier molecular flexibility index (Phi) is 17.5. The molecule has 2 N–H and O–H groups in total. The van der Waals surface area contributed by atoms with Crippen molar-refractivity contribution >= 4 is 23.2 Å². The van der Waals surface area contributed by atoms with Gasteiger partial charge in [0.25, 0.3) is 0 Å². The van der Waals surface area contributed by atoms with Crippen molar-refractivity contribution in [3.8, 4) is 0 Å². The van der Waals surface area contributed by atoms with Crippen LogP contribution in [0.25, 0.3) is 0 Å². The molecule has 0 spiro atoms. The number of rotatable bonds is 17. The lowest BCUT2D eigenvalue weighted by molar-refractivity contribution is -0.120. The first-order valence-electron chi connectivity index (χ1n) is 11.0. The summed E-state index contributed by atoms with van der Waals surface area (Å²) in [7, 11) is 0. The van der Waals surface area contributed by atoms with Crippen LogP contribution < -0.4 is 10.6 Å². The molecule has 0 heterocycles. The zero-order valence-electron chi connectivity index (χ0n) is 18.6. The van der Waals surface area contributed by atoms with E-state index in [-0.39, 0.29) is 11.8 Å². The molecule has 6 nitrogen and oxygen atoms in total. The zero-order chi connectivity index (χ0) is 21.0. The highest BCUT2D eigenvalue weighted by molar-refractivity contribution is 6.00. The fourth-order valence-electron chi connectivity index (χ4n) is 2.63. The van der Waals surface area contributed by atoms with Gasteiger partial charge >= 0.3 is 0 Å². The molecule has 0 bridgehead atoms. The van der Waals surface area contributed by atoms with Crippen LogP contribution in [0.4, 0.5) is 0 Å². The van der Waals surface area contributed by atoms with Gasteiger partial charge in [0.1, 0.15) is 0 Å². The van der Waals surface area contributed by atoms with E-state index in [1.807, 2.05) is 13.8 Å². The van der Waals surface area contributed by atoms with Gasteiger partial charge in [-0.1, -0.05) is 39.5 Å². The van der Waals surface area contributed by atoms with Crippen LogP contribution in [-0.4, -0.2) is 49.4 Å².